The third-order valence-electron chi connectivity index (χ3n) is 2.97. The summed E-state index contributed by atoms with van der Waals surface area (Å²) in [5.74, 6) is 0. The van der Waals surface area contributed by atoms with E-state index in [1.165, 1.54) is 0 Å². The number of rotatable bonds is 3. The first-order valence-corrected chi connectivity index (χ1v) is 6.10. The molecule has 1 fully saturated rings. The average molecular weight is 260 g/mol. The van der Waals surface area contributed by atoms with Crippen molar-refractivity contribution in [3.63, 3.8) is 0 Å². The van der Waals surface area contributed by atoms with Crippen molar-refractivity contribution in [3.8, 4) is 0 Å². The molecule has 19 heavy (non-hydrogen) atoms. The lowest BCUT2D eigenvalue weighted by molar-refractivity contribution is 0.198. The highest BCUT2D eigenvalue weighted by Crippen LogP contribution is 2.28. The Bertz CT molecular complexity index is 730. The van der Waals surface area contributed by atoms with Crippen LogP contribution in [0.4, 0.5) is 0 Å². The van der Waals surface area contributed by atoms with E-state index in [4.69, 9.17) is 11.0 Å². The zero-order valence-electron chi connectivity index (χ0n) is 18.3. The van der Waals surface area contributed by atoms with Gasteiger partial charge in [0.05, 0.1) is 6.04 Å². The molecule has 3 rings (SSSR count). The van der Waals surface area contributed by atoms with Crippen LogP contribution < -0.4 is 5.32 Å². The average Bonchev–Trinajstić information content (AvgIpc) is 2.58. The Morgan fingerprint density at radius 3 is 1.79 bits per heavy atom. The van der Waals surface area contributed by atoms with Gasteiger partial charge in [-0.2, -0.15) is 0 Å². The van der Waals surface area contributed by atoms with Gasteiger partial charge in [-0.05, 0) is 11.1 Å². The quantitative estimate of drug-likeness (QED) is 0.913. The molecule has 1 aliphatic heterocycles. The van der Waals surface area contributed by atoms with Crippen molar-refractivity contribution >= 4 is 0 Å². The molecule has 0 saturated carbocycles. The number of nitrogens with zero attached hydrogens (tertiary/aromatic N) is 1. The summed E-state index contributed by atoms with van der Waals surface area (Å²) in [6.45, 7) is -11.4. The number of nitrogens with one attached hydrogen (secondary N) is 1. The van der Waals surface area contributed by atoms with Crippen molar-refractivity contribution < 1.29 is 11.0 Å². The maximum Gasteiger partial charge on any atom is 0.0602 e. The second-order valence-electron chi connectivity index (χ2n) is 4.19. The van der Waals surface area contributed by atoms with Crippen molar-refractivity contribution in [2.75, 3.05) is 26.0 Å². The predicted molar refractivity (Wildman–Crippen MR) is 79.2 cm³/mol. The summed E-state index contributed by atoms with van der Waals surface area (Å²) in [4.78, 5) is 0.668. The van der Waals surface area contributed by atoms with Crippen LogP contribution in [-0.4, -0.2) is 30.9 Å². The Balaban J connectivity index is 2.28. The Morgan fingerprint density at radius 2 is 1.32 bits per heavy atom. The molecule has 0 atom stereocenters. The van der Waals surface area contributed by atoms with Crippen LogP contribution in [0.15, 0.2) is 60.7 Å². The lowest BCUT2D eigenvalue weighted by Gasteiger charge is -2.35. The zero-order valence-corrected chi connectivity index (χ0v) is 10.3. The molecule has 0 aliphatic carbocycles. The molecule has 0 spiro atoms. The lowest BCUT2D eigenvalue weighted by atomic mass is 9.96. The van der Waals surface area contributed by atoms with Gasteiger partial charge in [-0.1, -0.05) is 60.7 Å². The first-order valence-electron chi connectivity index (χ1n) is 10.1. The Morgan fingerprint density at radius 1 is 0.842 bits per heavy atom. The largest absolute Gasteiger partial charge is 0.314 e. The maximum atomic E-state index is 8.40. The monoisotopic (exact) mass is 260 g/mol. The van der Waals surface area contributed by atoms with Crippen LogP contribution in [0.3, 0.4) is 0 Å². The Hall–Kier alpha value is -1.64. The minimum Gasteiger partial charge on any atom is -0.314 e. The van der Waals surface area contributed by atoms with E-state index in [9.17, 15) is 0 Å². The topological polar surface area (TPSA) is 15.3 Å². The number of hydrogen-bond donors (Lipinski definition) is 1. The molecule has 0 bridgehead atoms. The van der Waals surface area contributed by atoms with Crippen molar-refractivity contribution in [1.82, 2.24) is 10.2 Å². The first kappa shape index (κ1) is 6.21. The first-order chi connectivity index (χ1) is 12.4. The van der Waals surface area contributed by atoms with Gasteiger partial charge in [-0.25, -0.2) is 0 Å². The van der Waals surface area contributed by atoms with Crippen LogP contribution in [0.1, 0.15) is 28.1 Å². The van der Waals surface area contributed by atoms with E-state index >= 15 is 0 Å². The summed E-state index contributed by atoms with van der Waals surface area (Å²) in [7, 11) is 0. The second-order valence-corrected chi connectivity index (χ2v) is 4.19. The summed E-state index contributed by atoms with van der Waals surface area (Å²) < 4.78 is 65.8. The molecule has 2 aromatic carbocycles. The third kappa shape index (κ3) is 2.86. The molecular formula is C17H20N2. The predicted octanol–water partition coefficient (Wildman–Crippen LogP) is 2.68. The highest BCUT2D eigenvalue weighted by molar-refractivity contribution is 5.31. The minimum atomic E-state index is -2.85. The molecule has 1 N–H and O–H groups in total. The molecule has 1 saturated heterocycles. The summed E-state index contributed by atoms with van der Waals surface area (Å²) in [5, 5.41) is 1.88. The van der Waals surface area contributed by atoms with Crippen LogP contribution in [-0.2, 0) is 0 Å². The summed E-state index contributed by atoms with van der Waals surface area (Å²) in [6, 6.07) is 16.2. The van der Waals surface area contributed by atoms with E-state index in [1.54, 1.807) is 60.7 Å². The van der Waals surface area contributed by atoms with Gasteiger partial charge >= 0.3 is 0 Å². The normalized spacial score (nSPS) is 33.5. The molecule has 1 heterocycles. The van der Waals surface area contributed by atoms with E-state index in [0.29, 0.717) is 16.0 Å². The van der Waals surface area contributed by atoms with E-state index in [2.05, 4.69) is 0 Å². The summed E-state index contributed by atoms with van der Waals surface area (Å²) in [6.07, 6.45) is 0. The van der Waals surface area contributed by atoms with Gasteiger partial charge in [-0.15, -0.1) is 0 Å². The minimum absolute atomic E-state index is 0.532. The van der Waals surface area contributed by atoms with Crippen LogP contribution >= 0.6 is 0 Å². The van der Waals surface area contributed by atoms with E-state index in [0.717, 1.165) is 0 Å². The smallest absolute Gasteiger partial charge is 0.0602 e. The van der Waals surface area contributed by atoms with E-state index in [-0.39, 0.29) is 0 Å². The maximum absolute atomic E-state index is 8.40. The van der Waals surface area contributed by atoms with Gasteiger partial charge in [0.2, 0.25) is 0 Å². The summed E-state index contributed by atoms with van der Waals surface area (Å²) >= 11 is 0. The molecule has 2 heteroatoms. The van der Waals surface area contributed by atoms with E-state index in [1.807, 2.05) is 5.32 Å². The fourth-order valence-corrected chi connectivity index (χ4v) is 2.13. The van der Waals surface area contributed by atoms with Gasteiger partial charge in [0, 0.05) is 37.0 Å². The van der Waals surface area contributed by atoms with Crippen molar-refractivity contribution in [3.05, 3.63) is 71.8 Å². The number of hydrogen-bond acceptors (Lipinski definition) is 2. The van der Waals surface area contributed by atoms with E-state index < -0.39 is 32.0 Å². The lowest BCUT2D eigenvalue weighted by Crippen LogP contribution is -2.45. The number of benzene rings is 2. The Labute approximate surface area is 126 Å². The van der Waals surface area contributed by atoms with Gasteiger partial charge < -0.3 is 5.32 Å². The Kier molecular flexibility index (Phi) is 1.96. The van der Waals surface area contributed by atoms with Crippen LogP contribution in [0.2, 0.25) is 0 Å². The summed E-state index contributed by atoms with van der Waals surface area (Å²) in [5.41, 5.74) is 1.06. The van der Waals surface area contributed by atoms with Gasteiger partial charge in [0.1, 0.15) is 0 Å². The van der Waals surface area contributed by atoms with Crippen LogP contribution in [0, 0.1) is 0 Å². The molecule has 98 valence electrons. The SMILES string of the molecule is [2H]C1([2H])NC([2H])([2H])C([2H])([2H])N(C(c2ccccc2)c2ccccc2)C1([2H])[2H]. The fourth-order valence-electron chi connectivity index (χ4n) is 2.13. The molecule has 0 amide bonds. The van der Waals surface area contributed by atoms with Gasteiger partial charge in [0.15, 0.2) is 0 Å². The molecule has 2 nitrogen and oxygen atoms in total. The highest BCUT2D eigenvalue weighted by Gasteiger charge is 2.23. The van der Waals surface area contributed by atoms with Crippen molar-refractivity contribution in [1.29, 1.82) is 0 Å². The second kappa shape index (κ2) is 6.00. The molecule has 2 aromatic rings. The zero-order chi connectivity index (χ0) is 20.1. The highest BCUT2D eigenvalue weighted by atomic mass is 15.2. The standard InChI is InChI=1S/C17H20N2/c1-3-7-15(8-4-1)17(16-9-5-2-6-10-16)19-13-11-18-12-14-19/h1-10,17-18H,11-14H2/i11D2,12D2,13D2,14D2. The van der Waals surface area contributed by atoms with Crippen molar-refractivity contribution in [2.45, 2.75) is 6.04 Å². The molecular weight excluding hydrogens is 232 g/mol. The van der Waals surface area contributed by atoms with Crippen LogP contribution in [0.5, 0.6) is 0 Å². The molecule has 1 aliphatic rings. The molecule has 0 unspecified atom stereocenters. The van der Waals surface area contributed by atoms with Gasteiger partial charge in [-0.3, -0.25) is 4.90 Å². The van der Waals surface area contributed by atoms with Crippen molar-refractivity contribution in [2.24, 2.45) is 0 Å². The van der Waals surface area contributed by atoms with Gasteiger partial charge in [0.25, 0.3) is 0 Å². The molecule has 0 radical (unpaired) electrons. The number of piperazine rings is 1. The van der Waals surface area contributed by atoms with Crippen LogP contribution in [0.25, 0.3) is 0 Å². The molecule has 0 aromatic heterocycles. The fraction of sp³-hybridized carbons (Fsp3) is 0.294. The third-order valence-corrected chi connectivity index (χ3v) is 2.97.